The van der Waals surface area contributed by atoms with Crippen molar-refractivity contribution in [2.45, 2.75) is 31.9 Å². The van der Waals surface area contributed by atoms with Crippen LogP contribution in [0.2, 0.25) is 10.0 Å². The molecule has 2 aliphatic rings. The molecule has 4 heterocycles. The van der Waals surface area contributed by atoms with E-state index in [4.69, 9.17) is 27.9 Å². The number of pyridine rings is 1. The predicted octanol–water partition coefficient (Wildman–Crippen LogP) is 3.65. The Morgan fingerprint density at radius 3 is 2.46 bits per heavy atom. The molecule has 1 amide bonds. The van der Waals surface area contributed by atoms with E-state index in [9.17, 15) is 14.3 Å². The van der Waals surface area contributed by atoms with Crippen LogP contribution in [0, 0.1) is 5.82 Å². The molecule has 0 bridgehead atoms. The van der Waals surface area contributed by atoms with Crippen LogP contribution in [0.1, 0.15) is 25.5 Å². The highest BCUT2D eigenvalue weighted by Crippen LogP contribution is 2.30. The number of likely N-dealkylation sites (tertiary alicyclic amines) is 1. The van der Waals surface area contributed by atoms with Crippen molar-refractivity contribution in [2.24, 2.45) is 0 Å². The summed E-state index contributed by atoms with van der Waals surface area (Å²) >= 11 is 12.5. The third-order valence-corrected chi connectivity index (χ3v) is 7.61. The molecule has 0 atom stereocenters. The summed E-state index contributed by atoms with van der Waals surface area (Å²) in [6.07, 6.45) is 2.47. The highest BCUT2D eigenvalue weighted by atomic mass is 35.5. The number of nitrogens with zero attached hydrogens (tertiary/aromatic N) is 5. The number of hydrogen-bond donors (Lipinski definition) is 3. The molecule has 5 rings (SSSR count). The van der Waals surface area contributed by atoms with Crippen LogP contribution in [0.15, 0.2) is 36.5 Å². The summed E-state index contributed by atoms with van der Waals surface area (Å²) in [5.41, 5.74) is 0.940. The van der Waals surface area contributed by atoms with Crippen molar-refractivity contribution < 1.29 is 19.0 Å². The van der Waals surface area contributed by atoms with Gasteiger partial charge in [-0.3, -0.25) is 9.69 Å². The minimum absolute atomic E-state index is 0.0314. The maximum atomic E-state index is 15.0. The highest BCUT2D eigenvalue weighted by molar-refractivity contribution is 6.35. The number of ether oxygens (including phenoxy) is 1. The first-order valence-corrected chi connectivity index (χ1v) is 14.2. The number of amides is 1. The minimum atomic E-state index is -0.946. The largest absolute Gasteiger partial charge is 0.423 e. The van der Waals surface area contributed by atoms with E-state index in [2.05, 4.69) is 30.5 Å². The Labute approximate surface area is 247 Å². The molecule has 0 unspecified atom stereocenters. The zero-order chi connectivity index (χ0) is 29.0. The van der Waals surface area contributed by atoms with Crippen LogP contribution in [-0.4, -0.2) is 82.3 Å². The number of anilines is 1. The van der Waals surface area contributed by atoms with Gasteiger partial charge in [0.25, 0.3) is 0 Å². The molecule has 3 N–H and O–H groups in total. The van der Waals surface area contributed by atoms with E-state index in [1.54, 1.807) is 18.2 Å². The maximum absolute atomic E-state index is 15.0. The Morgan fingerprint density at radius 1 is 1.10 bits per heavy atom. The Hall–Kier alpha value is -3.09. The lowest BCUT2D eigenvalue weighted by molar-refractivity contribution is -0.120. The lowest BCUT2D eigenvalue weighted by Gasteiger charge is -2.38. The number of carbonyl (C=O) groups is 1. The number of piperidine rings is 1. The molecule has 41 heavy (non-hydrogen) atoms. The average Bonchev–Trinajstić information content (AvgIpc) is 2.93. The van der Waals surface area contributed by atoms with E-state index in [0.29, 0.717) is 72.6 Å². The predicted molar refractivity (Wildman–Crippen MR) is 155 cm³/mol. The molecule has 218 valence electrons. The molecule has 2 aliphatic heterocycles. The van der Waals surface area contributed by atoms with Crippen molar-refractivity contribution in [2.75, 3.05) is 50.7 Å². The fourth-order valence-corrected chi connectivity index (χ4v) is 5.48. The van der Waals surface area contributed by atoms with Gasteiger partial charge in [0.15, 0.2) is 17.4 Å². The number of aliphatic hydroxyl groups is 1. The first kappa shape index (κ1) is 29.4. The van der Waals surface area contributed by atoms with Gasteiger partial charge in [0.1, 0.15) is 0 Å². The number of halogens is 3. The monoisotopic (exact) mass is 603 g/mol. The first-order valence-electron chi connectivity index (χ1n) is 13.5. The number of aromatic nitrogens is 3. The fraction of sp³-hybridized carbons (Fsp3) is 0.429. The van der Waals surface area contributed by atoms with E-state index in [-0.39, 0.29) is 30.0 Å². The van der Waals surface area contributed by atoms with Gasteiger partial charge < -0.3 is 25.4 Å². The third-order valence-electron chi connectivity index (χ3n) is 7.18. The van der Waals surface area contributed by atoms with Gasteiger partial charge in [-0.05, 0) is 37.1 Å². The van der Waals surface area contributed by atoms with E-state index in [1.807, 2.05) is 11.0 Å². The molecule has 2 aromatic heterocycles. The lowest BCUT2D eigenvalue weighted by Crippen LogP contribution is -2.50. The smallest absolute Gasteiger partial charge is 0.322 e. The summed E-state index contributed by atoms with van der Waals surface area (Å²) in [6.45, 7) is 6.20. The quantitative estimate of drug-likeness (QED) is 0.355. The van der Waals surface area contributed by atoms with Crippen LogP contribution in [0.25, 0.3) is 11.3 Å². The van der Waals surface area contributed by atoms with Gasteiger partial charge in [0.2, 0.25) is 5.91 Å². The Bertz CT molecular complexity index is 1380. The van der Waals surface area contributed by atoms with Gasteiger partial charge in [-0.1, -0.05) is 23.2 Å². The minimum Gasteiger partial charge on any atom is -0.423 e. The molecule has 2 saturated heterocycles. The molecule has 3 aromatic rings. The van der Waals surface area contributed by atoms with Crippen LogP contribution in [0.3, 0.4) is 0 Å². The summed E-state index contributed by atoms with van der Waals surface area (Å²) in [5, 5.41) is 17.7. The standard InChI is InChI=1S/C28H32Cl2FN7O3/c1-18(39)34-17-28(40)2-6-37(7-3-28)16-22-13-25(19-10-20(29)12-21(30)11-19)36-27(35-22)41-23-14-24(31)26(33-15-23)38-8-4-32-5-9-38/h10-15,32,40H,2-9,16-17H2,1H3,(H,34,39). The molecule has 0 radical (unpaired) electrons. The molecule has 2 fully saturated rings. The summed E-state index contributed by atoms with van der Waals surface area (Å²) in [7, 11) is 0. The molecule has 13 heteroatoms. The van der Waals surface area contributed by atoms with Crippen LogP contribution in [0.4, 0.5) is 10.2 Å². The second kappa shape index (κ2) is 12.8. The number of carbonyl (C=O) groups excluding carboxylic acids is 1. The Kier molecular flexibility index (Phi) is 9.20. The summed E-state index contributed by atoms with van der Waals surface area (Å²) in [6, 6.07) is 8.28. The molecule has 1 aromatic carbocycles. The third kappa shape index (κ3) is 7.81. The summed E-state index contributed by atoms with van der Waals surface area (Å²) in [4.78, 5) is 28.8. The highest BCUT2D eigenvalue weighted by Gasteiger charge is 2.32. The molecule has 0 aliphatic carbocycles. The second-order valence-electron chi connectivity index (χ2n) is 10.4. The van der Waals surface area contributed by atoms with Crippen molar-refractivity contribution in [3.63, 3.8) is 0 Å². The van der Waals surface area contributed by atoms with Crippen molar-refractivity contribution >= 4 is 34.9 Å². The Morgan fingerprint density at radius 2 is 1.80 bits per heavy atom. The van der Waals surface area contributed by atoms with Gasteiger partial charge in [-0.2, -0.15) is 9.97 Å². The van der Waals surface area contributed by atoms with Crippen molar-refractivity contribution in [3.8, 4) is 23.0 Å². The van der Waals surface area contributed by atoms with Crippen LogP contribution in [-0.2, 0) is 11.3 Å². The van der Waals surface area contributed by atoms with Gasteiger partial charge in [-0.25, -0.2) is 9.37 Å². The van der Waals surface area contributed by atoms with E-state index < -0.39 is 11.4 Å². The van der Waals surface area contributed by atoms with Crippen molar-refractivity contribution in [1.82, 2.24) is 30.5 Å². The topological polar surface area (TPSA) is 116 Å². The molecule has 10 nitrogen and oxygen atoms in total. The van der Waals surface area contributed by atoms with E-state index in [1.165, 1.54) is 19.2 Å². The van der Waals surface area contributed by atoms with Gasteiger partial charge in [0, 0.05) is 81.0 Å². The number of hydrogen-bond acceptors (Lipinski definition) is 9. The normalized spacial score (nSPS) is 17.3. The summed E-state index contributed by atoms with van der Waals surface area (Å²) < 4.78 is 20.9. The van der Waals surface area contributed by atoms with E-state index >= 15 is 0 Å². The number of benzene rings is 1. The lowest BCUT2D eigenvalue weighted by atomic mass is 9.91. The van der Waals surface area contributed by atoms with Gasteiger partial charge in [-0.15, -0.1) is 0 Å². The van der Waals surface area contributed by atoms with Crippen molar-refractivity contribution in [1.29, 1.82) is 0 Å². The zero-order valence-electron chi connectivity index (χ0n) is 22.7. The molecular formula is C28H32Cl2FN7O3. The Balaban J connectivity index is 1.37. The van der Waals surface area contributed by atoms with E-state index in [0.717, 1.165) is 13.1 Å². The fourth-order valence-electron chi connectivity index (χ4n) is 4.96. The number of rotatable bonds is 8. The maximum Gasteiger partial charge on any atom is 0.322 e. The van der Waals surface area contributed by atoms with Crippen molar-refractivity contribution in [3.05, 3.63) is 58.1 Å². The number of nitrogens with one attached hydrogen (secondary N) is 2. The zero-order valence-corrected chi connectivity index (χ0v) is 24.2. The van der Waals surface area contributed by atoms with Crippen LogP contribution >= 0.6 is 23.2 Å². The summed E-state index contributed by atoms with van der Waals surface area (Å²) in [5.74, 6) is -0.194. The molecule has 0 saturated carbocycles. The second-order valence-corrected chi connectivity index (χ2v) is 11.3. The molecule has 0 spiro atoms. The molecular weight excluding hydrogens is 572 g/mol. The van der Waals surface area contributed by atoms with Crippen LogP contribution in [0.5, 0.6) is 11.8 Å². The SMILES string of the molecule is CC(=O)NCC1(O)CCN(Cc2cc(-c3cc(Cl)cc(Cl)c3)nc(Oc3cnc(N4CCNCC4)c(F)c3)n2)CC1. The number of piperazine rings is 1. The van der Waals surface area contributed by atoms with Crippen LogP contribution < -0.4 is 20.3 Å². The first-order chi connectivity index (χ1) is 19.7. The van der Waals surface area contributed by atoms with Gasteiger partial charge >= 0.3 is 6.01 Å². The average molecular weight is 605 g/mol. The van der Waals surface area contributed by atoms with Gasteiger partial charge in [0.05, 0.1) is 23.2 Å².